The molecule has 0 aliphatic rings. The Labute approximate surface area is 162 Å². The Bertz CT molecular complexity index is 895. The van der Waals surface area contributed by atoms with Gasteiger partial charge >= 0.3 is 5.97 Å². The monoisotopic (exact) mass is 383 g/mol. The van der Waals surface area contributed by atoms with E-state index >= 15 is 0 Å². The molecule has 0 aliphatic heterocycles. The number of nitrogens with zero attached hydrogens (tertiary/aromatic N) is 3. The maximum Gasteiger partial charge on any atom is 0.316 e. The molecule has 1 heterocycles. The van der Waals surface area contributed by atoms with Crippen molar-refractivity contribution in [2.24, 2.45) is 0 Å². The number of aromatic nitrogens is 3. The number of carbonyl (C=O) groups is 1. The number of carboxylic acids is 1. The molecule has 7 heteroatoms. The first-order chi connectivity index (χ1) is 13.0. The zero-order valence-electron chi connectivity index (χ0n) is 15.2. The van der Waals surface area contributed by atoms with E-state index in [9.17, 15) is 9.90 Å². The van der Waals surface area contributed by atoms with Gasteiger partial charge in [0.15, 0.2) is 11.0 Å². The molecule has 3 rings (SSSR count). The number of benzene rings is 2. The molecule has 0 saturated heterocycles. The third-order valence-corrected chi connectivity index (χ3v) is 5.06. The molecule has 0 bridgehead atoms. The van der Waals surface area contributed by atoms with Crippen molar-refractivity contribution in [2.75, 3.05) is 0 Å². The summed E-state index contributed by atoms with van der Waals surface area (Å²) in [5.74, 6) is 0.522. The van der Waals surface area contributed by atoms with E-state index in [0.29, 0.717) is 17.5 Å². The molecule has 140 valence electrons. The van der Waals surface area contributed by atoms with Crippen molar-refractivity contribution < 1.29 is 14.6 Å². The summed E-state index contributed by atoms with van der Waals surface area (Å²) < 4.78 is 7.75. The van der Waals surface area contributed by atoms with Crippen molar-refractivity contribution in [1.82, 2.24) is 14.8 Å². The van der Waals surface area contributed by atoms with Crippen molar-refractivity contribution >= 4 is 17.7 Å². The molecule has 0 unspecified atom stereocenters. The zero-order valence-corrected chi connectivity index (χ0v) is 16.0. The highest BCUT2D eigenvalue weighted by molar-refractivity contribution is 8.00. The number of hydrogen-bond acceptors (Lipinski definition) is 5. The number of hydrogen-bond donors (Lipinski definition) is 1. The van der Waals surface area contributed by atoms with E-state index in [0.717, 1.165) is 16.9 Å². The summed E-state index contributed by atoms with van der Waals surface area (Å²) in [4.78, 5) is 11.2. The normalized spacial score (nSPS) is 11.9. The summed E-state index contributed by atoms with van der Waals surface area (Å²) in [5.41, 5.74) is 2.25. The van der Waals surface area contributed by atoms with Crippen LogP contribution in [0, 0.1) is 6.92 Å². The molecule has 1 aromatic heterocycles. The smallest absolute Gasteiger partial charge is 0.316 e. The Hall–Kier alpha value is -2.80. The van der Waals surface area contributed by atoms with E-state index in [4.69, 9.17) is 4.74 Å². The lowest BCUT2D eigenvalue weighted by Gasteiger charge is -2.12. The Morgan fingerprint density at radius 3 is 2.52 bits per heavy atom. The summed E-state index contributed by atoms with van der Waals surface area (Å²) in [6.45, 7) is 4.46. The first kappa shape index (κ1) is 19.0. The van der Waals surface area contributed by atoms with E-state index in [1.807, 2.05) is 66.1 Å². The van der Waals surface area contributed by atoms with Gasteiger partial charge in [0.2, 0.25) is 0 Å². The van der Waals surface area contributed by atoms with Crippen LogP contribution in [0.2, 0.25) is 0 Å². The van der Waals surface area contributed by atoms with Gasteiger partial charge in [-0.05, 0) is 31.5 Å². The van der Waals surface area contributed by atoms with Crippen LogP contribution in [0.4, 0.5) is 0 Å². The van der Waals surface area contributed by atoms with Crippen LogP contribution in [0.1, 0.15) is 23.9 Å². The summed E-state index contributed by atoms with van der Waals surface area (Å²) >= 11 is 1.18. The van der Waals surface area contributed by atoms with Crippen LogP contribution in [0.15, 0.2) is 59.8 Å². The Balaban J connectivity index is 1.82. The lowest BCUT2D eigenvalue weighted by molar-refractivity contribution is -0.136. The Morgan fingerprint density at radius 1 is 1.15 bits per heavy atom. The van der Waals surface area contributed by atoms with Gasteiger partial charge in [-0.1, -0.05) is 59.8 Å². The van der Waals surface area contributed by atoms with E-state index in [-0.39, 0.29) is 6.61 Å². The third-order valence-electron chi connectivity index (χ3n) is 4.00. The largest absolute Gasteiger partial charge is 0.486 e. The Morgan fingerprint density at radius 2 is 1.85 bits per heavy atom. The van der Waals surface area contributed by atoms with Gasteiger partial charge in [0.1, 0.15) is 17.6 Å². The average Bonchev–Trinajstić information content (AvgIpc) is 3.03. The highest BCUT2D eigenvalue weighted by Crippen LogP contribution is 2.24. The summed E-state index contributed by atoms with van der Waals surface area (Å²) in [5, 5.41) is 17.6. The molecule has 0 spiro atoms. The zero-order chi connectivity index (χ0) is 19.2. The molecule has 1 atom stereocenters. The van der Waals surface area contributed by atoms with Crippen LogP contribution >= 0.6 is 11.8 Å². The molecule has 2 aromatic carbocycles. The second kappa shape index (κ2) is 8.73. The first-order valence-corrected chi connectivity index (χ1v) is 9.46. The number of aliphatic carboxylic acids is 1. The van der Waals surface area contributed by atoms with Crippen LogP contribution in [0.5, 0.6) is 5.75 Å². The number of carboxylic acid groups (broad SMARTS) is 1. The predicted molar refractivity (Wildman–Crippen MR) is 104 cm³/mol. The van der Waals surface area contributed by atoms with Crippen LogP contribution in [0.25, 0.3) is 0 Å². The quantitative estimate of drug-likeness (QED) is 0.597. The van der Waals surface area contributed by atoms with Crippen molar-refractivity contribution in [3.05, 3.63) is 71.5 Å². The van der Waals surface area contributed by atoms with E-state index in [2.05, 4.69) is 10.2 Å². The second-order valence-corrected chi connectivity index (χ2v) is 7.48. The van der Waals surface area contributed by atoms with Crippen molar-refractivity contribution in [3.63, 3.8) is 0 Å². The van der Waals surface area contributed by atoms with Gasteiger partial charge in [-0.25, -0.2) is 0 Å². The van der Waals surface area contributed by atoms with Gasteiger partial charge in [0, 0.05) is 0 Å². The highest BCUT2D eigenvalue weighted by atomic mass is 32.2. The SMILES string of the molecule is Cc1ccc(OCc2nnc(S[C@H](C)C(=O)O)n2Cc2ccccc2)cc1. The molecule has 27 heavy (non-hydrogen) atoms. The lowest BCUT2D eigenvalue weighted by Crippen LogP contribution is -2.14. The highest BCUT2D eigenvalue weighted by Gasteiger charge is 2.20. The topological polar surface area (TPSA) is 77.2 Å². The molecule has 0 amide bonds. The maximum atomic E-state index is 11.2. The van der Waals surface area contributed by atoms with Crippen molar-refractivity contribution in [3.8, 4) is 5.75 Å². The van der Waals surface area contributed by atoms with Crippen LogP contribution in [-0.4, -0.2) is 31.1 Å². The Kier molecular flexibility index (Phi) is 6.13. The summed E-state index contributed by atoms with van der Waals surface area (Å²) in [6.07, 6.45) is 0. The number of aryl methyl sites for hydroxylation is 1. The molecule has 3 aromatic rings. The van der Waals surface area contributed by atoms with E-state index < -0.39 is 11.2 Å². The van der Waals surface area contributed by atoms with Crippen molar-refractivity contribution in [1.29, 1.82) is 0 Å². The predicted octanol–water partition coefficient (Wildman–Crippen LogP) is 3.78. The molecule has 0 fully saturated rings. The standard InChI is InChI=1S/C20H21N3O3S/c1-14-8-10-17(11-9-14)26-13-18-21-22-20(27-15(2)19(24)25)23(18)12-16-6-4-3-5-7-16/h3-11,15H,12-13H2,1-2H3,(H,24,25)/t15-/m1/s1. The minimum atomic E-state index is -0.883. The molecular weight excluding hydrogens is 362 g/mol. The average molecular weight is 383 g/mol. The van der Waals surface area contributed by atoms with Gasteiger partial charge in [-0.3, -0.25) is 9.36 Å². The molecule has 0 radical (unpaired) electrons. The van der Waals surface area contributed by atoms with Gasteiger partial charge in [-0.2, -0.15) is 0 Å². The summed E-state index contributed by atoms with van der Waals surface area (Å²) in [7, 11) is 0. The number of rotatable bonds is 8. The summed E-state index contributed by atoms with van der Waals surface area (Å²) in [6, 6.07) is 17.7. The third kappa shape index (κ3) is 5.10. The fourth-order valence-electron chi connectivity index (χ4n) is 2.43. The van der Waals surface area contributed by atoms with Gasteiger partial charge in [0.05, 0.1) is 6.54 Å². The molecule has 0 aliphatic carbocycles. The molecule has 0 saturated carbocycles. The first-order valence-electron chi connectivity index (χ1n) is 8.58. The van der Waals surface area contributed by atoms with Crippen LogP contribution < -0.4 is 4.74 Å². The van der Waals surface area contributed by atoms with E-state index in [1.165, 1.54) is 11.8 Å². The fourth-order valence-corrected chi connectivity index (χ4v) is 3.23. The van der Waals surface area contributed by atoms with Crippen LogP contribution in [0.3, 0.4) is 0 Å². The van der Waals surface area contributed by atoms with Crippen LogP contribution in [-0.2, 0) is 17.9 Å². The van der Waals surface area contributed by atoms with E-state index in [1.54, 1.807) is 6.92 Å². The fraction of sp³-hybridized carbons (Fsp3) is 0.250. The maximum absolute atomic E-state index is 11.2. The molecular formula is C20H21N3O3S. The number of thioether (sulfide) groups is 1. The number of ether oxygens (including phenoxy) is 1. The van der Waals surface area contributed by atoms with Gasteiger partial charge in [-0.15, -0.1) is 10.2 Å². The molecule has 1 N–H and O–H groups in total. The minimum Gasteiger partial charge on any atom is -0.486 e. The lowest BCUT2D eigenvalue weighted by atomic mass is 10.2. The minimum absolute atomic E-state index is 0.255. The van der Waals surface area contributed by atoms with Gasteiger partial charge in [0.25, 0.3) is 0 Å². The van der Waals surface area contributed by atoms with Crippen molar-refractivity contribution in [2.45, 2.75) is 37.4 Å². The van der Waals surface area contributed by atoms with Gasteiger partial charge < -0.3 is 9.84 Å². The molecule has 6 nitrogen and oxygen atoms in total. The second-order valence-electron chi connectivity index (χ2n) is 6.17.